The van der Waals surface area contributed by atoms with Crippen LogP contribution in [-0.4, -0.2) is 37.4 Å². The average molecular weight is 281 g/mol. The van der Waals surface area contributed by atoms with E-state index in [1.807, 2.05) is 0 Å². The van der Waals surface area contributed by atoms with Gasteiger partial charge in [-0.05, 0) is 62.7 Å². The smallest absolute Gasteiger partial charge is 0.226 e. The number of aliphatic hydroxyl groups is 1. The molecule has 0 radical (unpaired) electrons. The molecule has 1 atom stereocenters. The van der Waals surface area contributed by atoms with Crippen LogP contribution in [0.4, 0.5) is 0 Å². The third-order valence-electron chi connectivity index (χ3n) is 5.70. The minimum absolute atomic E-state index is 0.0505. The number of carbonyl (C=O) groups excluding carboxylic acids is 1. The molecule has 114 valence electrons. The highest BCUT2D eigenvalue weighted by atomic mass is 16.5. The van der Waals surface area contributed by atoms with Crippen LogP contribution in [0.1, 0.15) is 44.9 Å². The van der Waals surface area contributed by atoms with Crippen molar-refractivity contribution >= 4 is 5.91 Å². The van der Waals surface area contributed by atoms with Crippen LogP contribution in [0, 0.1) is 23.2 Å². The Morgan fingerprint density at radius 3 is 2.25 bits per heavy atom. The number of nitrogens with one attached hydrogen (secondary N) is 1. The number of amides is 1. The molecular formula is C16H27NO3. The molecule has 4 saturated carbocycles. The van der Waals surface area contributed by atoms with Crippen molar-refractivity contribution in [3.63, 3.8) is 0 Å². The Bertz CT molecular complexity index is 327. The minimum Gasteiger partial charge on any atom is -0.396 e. The summed E-state index contributed by atoms with van der Waals surface area (Å²) in [6, 6.07) is -0.0505. The van der Waals surface area contributed by atoms with E-state index >= 15 is 0 Å². The van der Waals surface area contributed by atoms with Gasteiger partial charge in [-0.25, -0.2) is 0 Å². The minimum atomic E-state index is -0.101. The molecule has 4 bridgehead atoms. The second kappa shape index (κ2) is 5.64. The quantitative estimate of drug-likeness (QED) is 0.779. The fourth-order valence-electron chi connectivity index (χ4n) is 5.28. The summed E-state index contributed by atoms with van der Waals surface area (Å²) in [5, 5.41) is 12.3. The van der Waals surface area contributed by atoms with Crippen molar-refractivity contribution in [3.05, 3.63) is 0 Å². The third kappa shape index (κ3) is 2.60. The summed E-state index contributed by atoms with van der Waals surface area (Å²) in [6.07, 6.45) is 7.89. The molecule has 0 saturated heterocycles. The molecule has 0 spiro atoms. The van der Waals surface area contributed by atoms with Crippen molar-refractivity contribution in [1.82, 2.24) is 5.32 Å². The summed E-state index contributed by atoms with van der Waals surface area (Å²) in [7, 11) is 1.64. The van der Waals surface area contributed by atoms with E-state index in [0.717, 1.165) is 37.0 Å². The largest absolute Gasteiger partial charge is 0.396 e. The fourth-order valence-corrected chi connectivity index (χ4v) is 5.28. The van der Waals surface area contributed by atoms with Crippen molar-refractivity contribution in [3.8, 4) is 0 Å². The number of carbonyl (C=O) groups is 1. The zero-order valence-corrected chi connectivity index (χ0v) is 12.4. The molecule has 4 rings (SSSR count). The molecule has 0 aromatic carbocycles. The van der Waals surface area contributed by atoms with Crippen molar-refractivity contribution < 1.29 is 14.6 Å². The molecule has 2 N–H and O–H groups in total. The molecular weight excluding hydrogens is 254 g/mol. The van der Waals surface area contributed by atoms with Crippen LogP contribution >= 0.6 is 0 Å². The standard InChI is InChI=1S/C16H27NO3/c1-20-10-14(2-3-18)17-15(19)16-7-11-4-12(8-16)6-13(5-11)9-16/h11-14,18H,2-10H2,1H3,(H,17,19). The Kier molecular flexibility index (Phi) is 4.04. The molecule has 1 unspecified atom stereocenters. The van der Waals surface area contributed by atoms with Crippen LogP contribution in [0.25, 0.3) is 0 Å². The highest BCUT2D eigenvalue weighted by Gasteiger charge is 2.54. The molecule has 1 amide bonds. The van der Waals surface area contributed by atoms with Crippen LogP contribution < -0.4 is 5.32 Å². The molecule has 4 fully saturated rings. The molecule has 4 aliphatic carbocycles. The maximum absolute atomic E-state index is 12.8. The van der Waals surface area contributed by atoms with Crippen LogP contribution in [0.3, 0.4) is 0 Å². The summed E-state index contributed by atoms with van der Waals surface area (Å²) < 4.78 is 5.15. The van der Waals surface area contributed by atoms with Crippen LogP contribution in [0.2, 0.25) is 0 Å². The summed E-state index contributed by atoms with van der Waals surface area (Å²) in [5.74, 6) is 2.58. The molecule has 4 aliphatic rings. The van der Waals surface area contributed by atoms with Gasteiger partial charge in [-0.1, -0.05) is 0 Å². The Labute approximate surface area is 121 Å². The summed E-state index contributed by atoms with van der Waals surface area (Å²) in [5.41, 5.74) is -0.101. The first-order valence-electron chi connectivity index (χ1n) is 8.06. The molecule has 0 aromatic heterocycles. The van der Waals surface area contributed by atoms with E-state index in [4.69, 9.17) is 9.84 Å². The number of aliphatic hydroxyl groups excluding tert-OH is 1. The first-order valence-corrected chi connectivity index (χ1v) is 8.06. The van der Waals surface area contributed by atoms with Crippen LogP contribution in [0.5, 0.6) is 0 Å². The second-order valence-corrected chi connectivity index (χ2v) is 7.34. The summed E-state index contributed by atoms with van der Waals surface area (Å²) in [6.45, 7) is 0.577. The highest BCUT2D eigenvalue weighted by molar-refractivity contribution is 5.83. The van der Waals surface area contributed by atoms with E-state index in [1.54, 1.807) is 7.11 Å². The average Bonchev–Trinajstić information content (AvgIpc) is 2.37. The van der Waals surface area contributed by atoms with E-state index in [9.17, 15) is 4.79 Å². The van der Waals surface area contributed by atoms with E-state index in [-0.39, 0.29) is 24.0 Å². The van der Waals surface area contributed by atoms with E-state index < -0.39 is 0 Å². The predicted octanol–water partition coefficient (Wildman–Crippen LogP) is 1.72. The first-order chi connectivity index (χ1) is 9.65. The lowest BCUT2D eigenvalue weighted by molar-refractivity contribution is -0.147. The van der Waals surface area contributed by atoms with Gasteiger partial charge >= 0.3 is 0 Å². The third-order valence-corrected chi connectivity index (χ3v) is 5.70. The second-order valence-electron chi connectivity index (χ2n) is 7.34. The van der Waals surface area contributed by atoms with Gasteiger partial charge in [0.15, 0.2) is 0 Å². The van der Waals surface area contributed by atoms with Crippen molar-refractivity contribution in [2.75, 3.05) is 20.3 Å². The number of rotatable bonds is 6. The lowest BCUT2D eigenvalue weighted by atomic mass is 9.49. The number of hydrogen-bond acceptors (Lipinski definition) is 3. The molecule has 0 aliphatic heterocycles. The van der Waals surface area contributed by atoms with Crippen molar-refractivity contribution in [1.29, 1.82) is 0 Å². The molecule has 20 heavy (non-hydrogen) atoms. The fraction of sp³-hybridized carbons (Fsp3) is 0.938. The maximum atomic E-state index is 12.8. The number of methoxy groups -OCH3 is 1. The first kappa shape index (κ1) is 14.3. The summed E-state index contributed by atoms with van der Waals surface area (Å²) >= 11 is 0. The maximum Gasteiger partial charge on any atom is 0.226 e. The Morgan fingerprint density at radius 2 is 1.80 bits per heavy atom. The lowest BCUT2D eigenvalue weighted by Crippen LogP contribution is -2.55. The lowest BCUT2D eigenvalue weighted by Gasteiger charge is -2.55. The Morgan fingerprint density at radius 1 is 1.25 bits per heavy atom. The van der Waals surface area contributed by atoms with Crippen molar-refractivity contribution in [2.45, 2.75) is 51.0 Å². The number of hydrogen-bond donors (Lipinski definition) is 2. The van der Waals surface area contributed by atoms with Gasteiger partial charge in [0.2, 0.25) is 5.91 Å². The van der Waals surface area contributed by atoms with Gasteiger partial charge < -0.3 is 15.2 Å². The van der Waals surface area contributed by atoms with Gasteiger partial charge in [0, 0.05) is 19.1 Å². The zero-order valence-electron chi connectivity index (χ0n) is 12.4. The van der Waals surface area contributed by atoms with E-state index in [0.29, 0.717) is 13.0 Å². The normalized spacial score (nSPS) is 39.8. The van der Waals surface area contributed by atoms with Gasteiger partial charge in [-0.3, -0.25) is 4.79 Å². The van der Waals surface area contributed by atoms with E-state index in [2.05, 4.69) is 5.32 Å². The van der Waals surface area contributed by atoms with Gasteiger partial charge in [-0.2, -0.15) is 0 Å². The predicted molar refractivity (Wildman–Crippen MR) is 76.1 cm³/mol. The molecule has 4 heteroatoms. The van der Waals surface area contributed by atoms with Crippen molar-refractivity contribution in [2.24, 2.45) is 23.2 Å². The SMILES string of the molecule is COCC(CCO)NC(=O)C12CC3CC(CC(C3)C1)C2. The van der Waals surface area contributed by atoms with Gasteiger partial charge in [0.25, 0.3) is 0 Å². The van der Waals surface area contributed by atoms with E-state index in [1.165, 1.54) is 19.3 Å². The van der Waals surface area contributed by atoms with Crippen LogP contribution in [-0.2, 0) is 9.53 Å². The zero-order chi connectivity index (χ0) is 14.2. The van der Waals surface area contributed by atoms with Gasteiger partial charge in [0.1, 0.15) is 0 Å². The van der Waals surface area contributed by atoms with Crippen LogP contribution in [0.15, 0.2) is 0 Å². The number of ether oxygens (including phenoxy) is 1. The summed E-state index contributed by atoms with van der Waals surface area (Å²) in [4.78, 5) is 12.8. The highest BCUT2D eigenvalue weighted by Crippen LogP contribution is 2.60. The Hall–Kier alpha value is -0.610. The Balaban J connectivity index is 1.67. The topological polar surface area (TPSA) is 58.6 Å². The van der Waals surface area contributed by atoms with Gasteiger partial charge in [-0.15, -0.1) is 0 Å². The van der Waals surface area contributed by atoms with Gasteiger partial charge in [0.05, 0.1) is 12.6 Å². The molecule has 4 nitrogen and oxygen atoms in total. The molecule has 0 aromatic rings. The molecule has 0 heterocycles. The monoisotopic (exact) mass is 281 g/mol.